The van der Waals surface area contributed by atoms with Crippen molar-refractivity contribution in [3.05, 3.63) is 41.0 Å². The highest BCUT2D eigenvalue weighted by molar-refractivity contribution is 6.17. The van der Waals surface area contributed by atoms with Gasteiger partial charge in [0.15, 0.2) is 0 Å². The second-order valence-electron chi connectivity index (χ2n) is 4.54. The predicted molar refractivity (Wildman–Crippen MR) is 77.1 cm³/mol. The van der Waals surface area contributed by atoms with Crippen molar-refractivity contribution in [2.24, 2.45) is 7.05 Å². The van der Waals surface area contributed by atoms with Gasteiger partial charge in [0.2, 0.25) is 5.78 Å². The molecule has 0 radical (unpaired) electrons. The van der Waals surface area contributed by atoms with Crippen molar-refractivity contribution in [1.82, 2.24) is 9.55 Å². The fraction of sp³-hybridized carbons (Fsp3) is 0.286. The van der Waals surface area contributed by atoms with Crippen molar-refractivity contribution in [1.29, 1.82) is 0 Å². The summed E-state index contributed by atoms with van der Waals surface area (Å²) in [6, 6.07) is 4.93. The third kappa shape index (κ3) is 2.95. The van der Waals surface area contributed by atoms with Crippen LogP contribution in [-0.4, -0.2) is 33.5 Å². The average molecular weight is 311 g/mol. The van der Waals surface area contributed by atoms with Crippen LogP contribution in [0.1, 0.15) is 27.6 Å². The molecule has 0 fully saturated rings. The van der Waals surface area contributed by atoms with E-state index < -0.39 is 5.97 Å². The summed E-state index contributed by atoms with van der Waals surface area (Å²) in [6.07, 6.45) is -0.183. The van der Waals surface area contributed by atoms with Crippen LogP contribution in [0.25, 0.3) is 0 Å². The van der Waals surface area contributed by atoms with Gasteiger partial charge < -0.3 is 19.4 Å². The lowest BCUT2D eigenvalue weighted by Gasteiger charge is -2.06. The minimum absolute atomic E-state index is 0.183. The number of carbonyl (C=O) groups excluding carboxylic acids is 1. The number of nitrogens with one attached hydrogen (secondary N) is 1. The number of alkyl halides is 1. The Morgan fingerprint density at radius 2 is 2.14 bits per heavy atom. The Morgan fingerprint density at radius 1 is 1.43 bits per heavy atom. The molecule has 0 aliphatic heterocycles. The van der Waals surface area contributed by atoms with Crippen LogP contribution in [0.15, 0.2) is 18.2 Å². The summed E-state index contributed by atoms with van der Waals surface area (Å²) in [6.45, 7) is 0. The zero-order valence-electron chi connectivity index (χ0n) is 11.6. The van der Waals surface area contributed by atoms with Crippen molar-refractivity contribution < 1.29 is 19.4 Å². The molecule has 2 aromatic heterocycles. The molecule has 0 bridgehead atoms. The Bertz CT molecular complexity index is 687. The summed E-state index contributed by atoms with van der Waals surface area (Å²) in [5, 5.41) is 8.90. The maximum atomic E-state index is 12.6. The fourth-order valence-electron chi connectivity index (χ4n) is 2.15. The highest BCUT2D eigenvalue weighted by Crippen LogP contribution is 2.26. The highest BCUT2D eigenvalue weighted by atomic mass is 35.5. The van der Waals surface area contributed by atoms with Gasteiger partial charge in [0.25, 0.3) is 0 Å². The van der Waals surface area contributed by atoms with Crippen molar-refractivity contribution in [3.8, 4) is 5.75 Å². The molecule has 0 atom stereocenters. The van der Waals surface area contributed by atoms with Crippen LogP contribution in [0, 0.1) is 0 Å². The van der Waals surface area contributed by atoms with Gasteiger partial charge in [-0.3, -0.25) is 9.59 Å². The molecular formula is C14H15ClN2O4. The van der Waals surface area contributed by atoms with Gasteiger partial charge in [0.05, 0.1) is 25.1 Å². The number of aromatic nitrogens is 2. The molecule has 2 rings (SSSR count). The van der Waals surface area contributed by atoms with Crippen molar-refractivity contribution in [3.63, 3.8) is 0 Å². The number of ketones is 1. The molecule has 0 aromatic carbocycles. The largest absolute Gasteiger partial charge is 0.494 e. The van der Waals surface area contributed by atoms with Crippen LogP contribution < -0.4 is 4.74 Å². The van der Waals surface area contributed by atoms with Crippen LogP contribution in [-0.2, 0) is 24.1 Å². The number of aliphatic carboxylic acids is 1. The Labute approximate surface area is 126 Å². The Balaban J connectivity index is 2.44. The Hall–Kier alpha value is -2.21. The first-order valence-corrected chi connectivity index (χ1v) is 6.74. The smallest absolute Gasteiger partial charge is 0.309 e. The summed E-state index contributed by atoms with van der Waals surface area (Å²) >= 11 is 5.70. The Kier molecular flexibility index (Phi) is 4.37. The van der Waals surface area contributed by atoms with Crippen molar-refractivity contribution in [2.75, 3.05) is 7.11 Å². The molecule has 21 heavy (non-hydrogen) atoms. The number of ether oxygens (including phenoxy) is 1. The summed E-state index contributed by atoms with van der Waals surface area (Å²) in [5.74, 6) is -0.619. The zero-order chi connectivity index (χ0) is 15.6. The van der Waals surface area contributed by atoms with E-state index in [1.807, 2.05) is 0 Å². The van der Waals surface area contributed by atoms with Gasteiger partial charge in [-0.2, -0.15) is 0 Å². The molecule has 0 aliphatic carbocycles. The van der Waals surface area contributed by atoms with E-state index in [9.17, 15) is 9.59 Å². The number of rotatable bonds is 6. The average Bonchev–Trinajstić information content (AvgIpc) is 3.03. The van der Waals surface area contributed by atoms with E-state index in [-0.39, 0.29) is 18.1 Å². The SMILES string of the molecule is COc1cc(CC(=O)O)n(C)c1C(=O)c1ccc(CCl)[nH]1. The first-order valence-electron chi connectivity index (χ1n) is 6.20. The van der Waals surface area contributed by atoms with Crippen LogP contribution >= 0.6 is 11.6 Å². The van der Waals surface area contributed by atoms with Gasteiger partial charge in [0, 0.05) is 24.5 Å². The molecule has 0 spiro atoms. The van der Waals surface area contributed by atoms with E-state index in [0.717, 1.165) is 5.69 Å². The molecule has 112 valence electrons. The molecule has 2 N–H and O–H groups in total. The van der Waals surface area contributed by atoms with Crippen LogP contribution in [0.5, 0.6) is 5.75 Å². The molecule has 0 aliphatic rings. The second kappa shape index (κ2) is 6.05. The second-order valence-corrected chi connectivity index (χ2v) is 4.81. The van der Waals surface area contributed by atoms with Crippen LogP contribution in [0.2, 0.25) is 0 Å². The quantitative estimate of drug-likeness (QED) is 0.631. The number of methoxy groups -OCH3 is 1. The van der Waals surface area contributed by atoms with E-state index in [4.69, 9.17) is 21.4 Å². The van der Waals surface area contributed by atoms with Crippen molar-refractivity contribution >= 4 is 23.4 Å². The number of H-pyrrole nitrogens is 1. The lowest BCUT2D eigenvalue weighted by Crippen LogP contribution is -2.12. The zero-order valence-corrected chi connectivity index (χ0v) is 12.4. The van der Waals surface area contributed by atoms with E-state index in [0.29, 0.717) is 22.8 Å². The normalized spacial score (nSPS) is 10.6. The molecule has 6 nitrogen and oxygen atoms in total. The van der Waals surface area contributed by atoms with Gasteiger partial charge in [-0.1, -0.05) is 0 Å². The molecule has 0 saturated carbocycles. The summed E-state index contributed by atoms with van der Waals surface area (Å²) in [4.78, 5) is 26.3. The first-order chi connectivity index (χ1) is 9.97. The molecule has 0 unspecified atom stereocenters. The van der Waals surface area contributed by atoms with E-state index in [2.05, 4.69) is 4.98 Å². The molecule has 2 heterocycles. The van der Waals surface area contributed by atoms with Gasteiger partial charge in [-0.05, 0) is 12.1 Å². The van der Waals surface area contributed by atoms with Crippen molar-refractivity contribution in [2.45, 2.75) is 12.3 Å². The molecular weight excluding hydrogens is 296 g/mol. The molecule has 7 heteroatoms. The summed E-state index contributed by atoms with van der Waals surface area (Å²) in [5.41, 5.74) is 1.91. The number of hydrogen-bond donors (Lipinski definition) is 2. The standard InChI is InChI=1S/C14H15ClN2O4/c1-17-9(6-12(18)19)5-11(21-2)13(17)14(20)10-4-3-8(7-15)16-10/h3-5,16H,6-7H2,1-2H3,(H,18,19). The molecule has 0 saturated heterocycles. The molecule has 2 aromatic rings. The lowest BCUT2D eigenvalue weighted by molar-refractivity contribution is -0.136. The van der Waals surface area contributed by atoms with E-state index in [1.165, 1.54) is 11.7 Å². The fourth-order valence-corrected chi connectivity index (χ4v) is 2.30. The number of nitrogens with zero attached hydrogens (tertiary/aromatic N) is 1. The van der Waals surface area contributed by atoms with E-state index >= 15 is 0 Å². The van der Waals surface area contributed by atoms with Crippen LogP contribution in [0.4, 0.5) is 0 Å². The van der Waals surface area contributed by atoms with Crippen LogP contribution in [0.3, 0.4) is 0 Å². The number of halogens is 1. The monoisotopic (exact) mass is 310 g/mol. The van der Waals surface area contributed by atoms with Gasteiger partial charge in [-0.25, -0.2) is 0 Å². The number of carboxylic acid groups (broad SMARTS) is 1. The third-order valence-electron chi connectivity index (χ3n) is 3.20. The van der Waals surface area contributed by atoms with Gasteiger partial charge >= 0.3 is 5.97 Å². The maximum Gasteiger partial charge on any atom is 0.309 e. The Morgan fingerprint density at radius 3 is 2.67 bits per heavy atom. The highest BCUT2D eigenvalue weighted by Gasteiger charge is 2.23. The predicted octanol–water partition coefficient (Wildman–Crippen LogP) is 1.96. The number of carboxylic acids is 1. The topological polar surface area (TPSA) is 84.3 Å². The first kappa shape index (κ1) is 15.2. The number of hydrogen-bond acceptors (Lipinski definition) is 3. The summed E-state index contributed by atoms with van der Waals surface area (Å²) in [7, 11) is 3.08. The van der Waals surface area contributed by atoms with Gasteiger partial charge in [0.1, 0.15) is 11.4 Å². The lowest BCUT2D eigenvalue weighted by atomic mass is 10.2. The number of aromatic amines is 1. The summed E-state index contributed by atoms with van der Waals surface area (Å²) < 4.78 is 6.73. The third-order valence-corrected chi connectivity index (χ3v) is 3.49. The molecule has 0 amide bonds. The van der Waals surface area contributed by atoms with Gasteiger partial charge in [-0.15, -0.1) is 11.6 Å². The minimum atomic E-state index is -0.971. The van der Waals surface area contributed by atoms with E-state index in [1.54, 1.807) is 25.2 Å². The number of carbonyl (C=O) groups is 2. The maximum absolute atomic E-state index is 12.6. The minimum Gasteiger partial charge on any atom is -0.494 e.